The lowest BCUT2D eigenvalue weighted by Crippen LogP contribution is -2.49. The lowest BCUT2D eigenvalue weighted by Gasteiger charge is -2.44. The van der Waals surface area contributed by atoms with Crippen LogP contribution in [0, 0.1) is 0 Å². The number of hydrogen-bond acceptors (Lipinski definition) is 3. The first-order valence-electron chi connectivity index (χ1n) is 12.6. The summed E-state index contributed by atoms with van der Waals surface area (Å²) in [4.78, 5) is 2.25. The highest BCUT2D eigenvalue weighted by Gasteiger charge is 2.39. The second-order valence-corrected chi connectivity index (χ2v) is 9.46. The molecule has 3 nitrogen and oxygen atoms in total. The first-order chi connectivity index (χ1) is 16.6. The van der Waals surface area contributed by atoms with Crippen LogP contribution in [0.15, 0.2) is 97.6 Å². The molecule has 1 atom stereocenters. The normalized spacial score (nSPS) is 16.6. The molecule has 1 saturated heterocycles. The Morgan fingerprint density at radius 2 is 1.29 bits per heavy atom. The van der Waals surface area contributed by atoms with Gasteiger partial charge in [-0.05, 0) is 55.2 Å². The lowest BCUT2D eigenvalue weighted by molar-refractivity contribution is -0.133. The van der Waals surface area contributed by atoms with Gasteiger partial charge in [-0.1, -0.05) is 97.4 Å². The lowest BCUT2D eigenvalue weighted by atomic mass is 9.80. The summed E-state index contributed by atoms with van der Waals surface area (Å²) in [5, 5.41) is 24.2. The zero-order valence-corrected chi connectivity index (χ0v) is 20.1. The SMILES string of the molecule is C=CCc1ccccc1C(O)(CCCC(O)(c1ccccc1)c1ccccc1)N1CCCCC1. The molecule has 1 heterocycles. The Hall–Kier alpha value is -2.72. The van der Waals surface area contributed by atoms with Gasteiger partial charge in [-0.3, -0.25) is 4.90 Å². The molecule has 0 amide bonds. The average Bonchev–Trinajstić information content (AvgIpc) is 2.90. The molecule has 3 aromatic carbocycles. The first-order valence-corrected chi connectivity index (χ1v) is 12.6. The van der Waals surface area contributed by atoms with Gasteiger partial charge in [-0.2, -0.15) is 0 Å². The van der Waals surface area contributed by atoms with Crippen molar-refractivity contribution in [2.24, 2.45) is 0 Å². The predicted octanol–water partition coefficient (Wildman–Crippen LogP) is 6.15. The van der Waals surface area contributed by atoms with Crippen molar-refractivity contribution in [3.05, 3.63) is 120 Å². The molecule has 3 aromatic rings. The number of allylic oxidation sites excluding steroid dienone is 1. The van der Waals surface area contributed by atoms with Gasteiger partial charge in [0.1, 0.15) is 11.3 Å². The smallest absolute Gasteiger partial charge is 0.144 e. The summed E-state index contributed by atoms with van der Waals surface area (Å²) in [7, 11) is 0. The van der Waals surface area contributed by atoms with Crippen LogP contribution in [0.1, 0.15) is 60.8 Å². The minimum Gasteiger partial charge on any atom is -0.380 e. The molecule has 3 heteroatoms. The molecular weight excluding hydrogens is 418 g/mol. The largest absolute Gasteiger partial charge is 0.380 e. The van der Waals surface area contributed by atoms with E-state index in [9.17, 15) is 10.2 Å². The molecule has 1 aliphatic heterocycles. The maximum absolute atomic E-state index is 12.3. The Morgan fingerprint density at radius 3 is 1.88 bits per heavy atom. The van der Waals surface area contributed by atoms with Crippen molar-refractivity contribution in [1.29, 1.82) is 0 Å². The molecule has 0 radical (unpaired) electrons. The van der Waals surface area contributed by atoms with E-state index >= 15 is 0 Å². The number of aliphatic hydroxyl groups is 2. The van der Waals surface area contributed by atoms with Crippen molar-refractivity contribution < 1.29 is 10.2 Å². The molecule has 1 unspecified atom stereocenters. The summed E-state index contributed by atoms with van der Waals surface area (Å²) < 4.78 is 0. The Kier molecular flexibility index (Phi) is 7.99. The summed E-state index contributed by atoms with van der Waals surface area (Å²) >= 11 is 0. The van der Waals surface area contributed by atoms with Gasteiger partial charge >= 0.3 is 0 Å². The predicted molar refractivity (Wildman–Crippen MR) is 139 cm³/mol. The number of hydrogen-bond donors (Lipinski definition) is 2. The summed E-state index contributed by atoms with van der Waals surface area (Å²) in [6.07, 6.45) is 7.80. The molecule has 1 aliphatic rings. The fraction of sp³-hybridized carbons (Fsp3) is 0.355. The molecule has 0 bridgehead atoms. The number of likely N-dealkylation sites (tertiary alicyclic amines) is 1. The molecule has 0 aliphatic carbocycles. The molecule has 34 heavy (non-hydrogen) atoms. The second-order valence-electron chi connectivity index (χ2n) is 9.46. The van der Waals surface area contributed by atoms with Crippen molar-refractivity contribution in [3.63, 3.8) is 0 Å². The van der Waals surface area contributed by atoms with Gasteiger partial charge in [-0.25, -0.2) is 0 Å². The van der Waals surface area contributed by atoms with Crippen LogP contribution in [0.2, 0.25) is 0 Å². The maximum Gasteiger partial charge on any atom is 0.144 e. The van der Waals surface area contributed by atoms with Crippen molar-refractivity contribution >= 4 is 0 Å². The van der Waals surface area contributed by atoms with Crippen LogP contribution in [0.3, 0.4) is 0 Å². The Balaban J connectivity index is 1.64. The fourth-order valence-corrected chi connectivity index (χ4v) is 5.45. The van der Waals surface area contributed by atoms with Crippen molar-refractivity contribution in [2.75, 3.05) is 13.1 Å². The quantitative estimate of drug-likeness (QED) is 0.360. The number of rotatable bonds is 10. The monoisotopic (exact) mass is 455 g/mol. The number of nitrogens with zero attached hydrogens (tertiary/aromatic N) is 1. The fourth-order valence-electron chi connectivity index (χ4n) is 5.45. The van der Waals surface area contributed by atoms with Crippen LogP contribution >= 0.6 is 0 Å². The third kappa shape index (κ3) is 5.17. The van der Waals surface area contributed by atoms with Gasteiger partial charge in [0.15, 0.2) is 0 Å². The van der Waals surface area contributed by atoms with Crippen molar-refractivity contribution in [3.8, 4) is 0 Å². The molecule has 2 N–H and O–H groups in total. The molecule has 1 fully saturated rings. The highest BCUT2D eigenvalue weighted by molar-refractivity contribution is 5.36. The maximum atomic E-state index is 12.3. The van der Waals surface area contributed by atoms with Gasteiger partial charge in [0, 0.05) is 18.7 Å². The first kappa shape index (κ1) is 24.4. The molecule has 0 spiro atoms. The summed E-state index contributed by atoms with van der Waals surface area (Å²) in [6, 6.07) is 28.0. The highest BCUT2D eigenvalue weighted by atomic mass is 16.3. The van der Waals surface area contributed by atoms with Gasteiger partial charge in [0.2, 0.25) is 0 Å². The second kappa shape index (κ2) is 11.1. The van der Waals surface area contributed by atoms with Gasteiger partial charge in [0.05, 0.1) is 0 Å². The minimum atomic E-state index is -1.11. The van der Waals surface area contributed by atoms with E-state index < -0.39 is 11.3 Å². The standard InChI is InChI=1S/C31H37NO2/c1-2-15-26-16-10-11-21-29(26)31(34,32-24-12-5-13-25-32)23-14-22-30(33,27-17-6-3-7-18-27)28-19-8-4-9-20-28/h2-4,6-11,16-21,33-34H,1,5,12-15,22-25H2. The van der Waals surface area contributed by atoms with Crippen LogP contribution in [-0.2, 0) is 17.7 Å². The zero-order chi connectivity index (χ0) is 23.9. The Bertz CT molecular complexity index is 1000. The molecule has 178 valence electrons. The average molecular weight is 456 g/mol. The van der Waals surface area contributed by atoms with E-state index in [1.54, 1.807) is 0 Å². The third-order valence-electron chi connectivity index (χ3n) is 7.26. The third-order valence-corrected chi connectivity index (χ3v) is 7.26. The zero-order valence-electron chi connectivity index (χ0n) is 20.1. The van der Waals surface area contributed by atoms with E-state index in [1.165, 1.54) is 6.42 Å². The van der Waals surface area contributed by atoms with E-state index in [4.69, 9.17) is 0 Å². The summed E-state index contributed by atoms with van der Waals surface area (Å²) in [6.45, 7) is 5.70. The number of piperidine rings is 1. The number of benzene rings is 3. The molecule has 0 aromatic heterocycles. The summed E-state index contributed by atoms with van der Waals surface area (Å²) in [5.41, 5.74) is 1.69. The van der Waals surface area contributed by atoms with Crippen LogP contribution in [-0.4, -0.2) is 28.2 Å². The van der Waals surface area contributed by atoms with E-state index in [-0.39, 0.29) is 0 Å². The van der Waals surface area contributed by atoms with Crippen molar-refractivity contribution in [2.45, 2.75) is 56.3 Å². The molecular formula is C31H37NO2. The van der Waals surface area contributed by atoms with E-state index in [0.29, 0.717) is 19.3 Å². The van der Waals surface area contributed by atoms with Crippen LogP contribution in [0.5, 0.6) is 0 Å². The van der Waals surface area contributed by atoms with Gasteiger partial charge in [0.25, 0.3) is 0 Å². The van der Waals surface area contributed by atoms with Crippen LogP contribution in [0.4, 0.5) is 0 Å². The van der Waals surface area contributed by atoms with Gasteiger partial charge < -0.3 is 10.2 Å². The Labute approximate surface area is 204 Å². The topological polar surface area (TPSA) is 43.7 Å². The van der Waals surface area contributed by atoms with E-state index in [1.807, 2.05) is 78.9 Å². The molecule has 4 rings (SSSR count). The van der Waals surface area contributed by atoms with Crippen LogP contribution in [0.25, 0.3) is 0 Å². The van der Waals surface area contributed by atoms with Crippen LogP contribution < -0.4 is 0 Å². The summed E-state index contributed by atoms with van der Waals surface area (Å²) in [5.74, 6) is 0. The molecule has 0 saturated carbocycles. The Morgan fingerprint density at radius 1 is 0.735 bits per heavy atom. The van der Waals surface area contributed by atoms with E-state index in [0.717, 1.165) is 54.6 Å². The minimum absolute atomic E-state index is 0.529. The highest BCUT2D eigenvalue weighted by Crippen LogP contribution is 2.40. The van der Waals surface area contributed by atoms with Crippen molar-refractivity contribution in [1.82, 2.24) is 4.90 Å². The van der Waals surface area contributed by atoms with E-state index in [2.05, 4.69) is 23.6 Å². The van der Waals surface area contributed by atoms with Gasteiger partial charge in [-0.15, -0.1) is 6.58 Å².